The van der Waals surface area contributed by atoms with Crippen molar-refractivity contribution in [2.45, 2.75) is 25.7 Å². The summed E-state index contributed by atoms with van der Waals surface area (Å²) in [4.78, 5) is 21.7. The number of unbranched alkanes of at least 4 members (excludes halogenated alkanes) is 2. The van der Waals surface area contributed by atoms with Crippen molar-refractivity contribution in [2.75, 3.05) is 6.61 Å². The van der Waals surface area contributed by atoms with Gasteiger partial charge in [0, 0.05) is 18.3 Å². The second kappa shape index (κ2) is 4.77. The number of amides is 2. The van der Waals surface area contributed by atoms with E-state index < -0.39 is 0 Å². The van der Waals surface area contributed by atoms with Crippen molar-refractivity contribution in [1.29, 1.82) is 0 Å². The first-order valence-corrected chi connectivity index (χ1v) is 4.41. The minimum absolute atomic E-state index is 0.185. The predicted molar refractivity (Wildman–Crippen MR) is 46.8 cm³/mol. The molecule has 0 spiro atoms. The Morgan fingerprint density at radius 3 is 2.54 bits per heavy atom. The molecule has 0 aromatic heterocycles. The van der Waals surface area contributed by atoms with Gasteiger partial charge in [0.1, 0.15) is 0 Å². The molecule has 0 fully saturated rings. The fraction of sp³-hybridized carbons (Fsp3) is 0.556. The van der Waals surface area contributed by atoms with E-state index in [1.54, 1.807) is 0 Å². The van der Waals surface area contributed by atoms with Gasteiger partial charge in [0.2, 0.25) is 0 Å². The average molecular weight is 183 g/mol. The van der Waals surface area contributed by atoms with Crippen LogP contribution in [-0.4, -0.2) is 23.5 Å². The Kier molecular flexibility index (Phi) is 3.64. The van der Waals surface area contributed by atoms with Crippen LogP contribution in [0.5, 0.6) is 0 Å². The molecule has 0 aromatic carbocycles. The van der Waals surface area contributed by atoms with Gasteiger partial charge < -0.3 is 5.11 Å². The van der Waals surface area contributed by atoms with Gasteiger partial charge in [-0.05, 0) is 19.3 Å². The van der Waals surface area contributed by atoms with Gasteiger partial charge in [-0.3, -0.25) is 14.9 Å². The summed E-state index contributed by atoms with van der Waals surface area (Å²) < 4.78 is 0. The van der Waals surface area contributed by atoms with Crippen molar-refractivity contribution < 1.29 is 14.7 Å². The molecular formula is C9H13NO3. The van der Waals surface area contributed by atoms with E-state index in [2.05, 4.69) is 5.32 Å². The summed E-state index contributed by atoms with van der Waals surface area (Å²) in [7, 11) is 0. The first-order chi connectivity index (χ1) is 6.24. The second-order valence-electron chi connectivity index (χ2n) is 3.02. The number of hydrogen-bond donors (Lipinski definition) is 2. The van der Waals surface area contributed by atoms with Crippen LogP contribution in [0.2, 0.25) is 0 Å². The summed E-state index contributed by atoms with van der Waals surface area (Å²) in [5.41, 5.74) is 0.558. The summed E-state index contributed by atoms with van der Waals surface area (Å²) in [6.45, 7) is 0.185. The van der Waals surface area contributed by atoms with Crippen LogP contribution in [0.15, 0.2) is 11.6 Å². The first-order valence-electron chi connectivity index (χ1n) is 4.41. The lowest BCUT2D eigenvalue weighted by Gasteiger charge is -1.98. The largest absolute Gasteiger partial charge is 0.396 e. The Labute approximate surface area is 76.6 Å². The van der Waals surface area contributed by atoms with E-state index in [4.69, 9.17) is 5.11 Å². The quantitative estimate of drug-likeness (QED) is 0.470. The van der Waals surface area contributed by atoms with Crippen LogP contribution in [0.25, 0.3) is 0 Å². The number of imide groups is 1. The third-order valence-electron chi connectivity index (χ3n) is 1.94. The van der Waals surface area contributed by atoms with Crippen molar-refractivity contribution in [3.63, 3.8) is 0 Å². The minimum atomic E-state index is -0.317. The fourth-order valence-corrected chi connectivity index (χ4v) is 1.24. The smallest absolute Gasteiger partial charge is 0.254 e. The Bertz CT molecular complexity index is 245. The fourth-order valence-electron chi connectivity index (χ4n) is 1.24. The summed E-state index contributed by atoms with van der Waals surface area (Å²) >= 11 is 0. The van der Waals surface area contributed by atoms with Crippen molar-refractivity contribution in [3.05, 3.63) is 11.6 Å². The molecule has 0 aromatic rings. The Hall–Kier alpha value is -1.16. The van der Waals surface area contributed by atoms with Gasteiger partial charge >= 0.3 is 0 Å². The maximum atomic E-state index is 11.0. The summed E-state index contributed by atoms with van der Waals surface area (Å²) in [6.07, 6.45) is 4.45. The topological polar surface area (TPSA) is 66.4 Å². The average Bonchev–Trinajstić information content (AvgIpc) is 2.39. The zero-order chi connectivity index (χ0) is 9.68. The lowest BCUT2D eigenvalue weighted by molar-refractivity contribution is -0.123. The summed E-state index contributed by atoms with van der Waals surface area (Å²) in [5.74, 6) is -0.587. The maximum Gasteiger partial charge on any atom is 0.254 e. The van der Waals surface area contributed by atoms with Crippen LogP contribution >= 0.6 is 0 Å². The van der Waals surface area contributed by atoms with Crippen molar-refractivity contribution in [1.82, 2.24) is 5.32 Å². The molecule has 2 amide bonds. The van der Waals surface area contributed by atoms with Crippen molar-refractivity contribution in [3.8, 4) is 0 Å². The van der Waals surface area contributed by atoms with E-state index in [0.29, 0.717) is 12.0 Å². The van der Waals surface area contributed by atoms with Crippen LogP contribution in [0.1, 0.15) is 25.7 Å². The first kappa shape index (κ1) is 9.92. The monoisotopic (exact) mass is 183 g/mol. The predicted octanol–water partition coefficient (Wildman–Crippen LogP) is 0.122. The molecule has 2 N–H and O–H groups in total. The highest BCUT2D eigenvalue weighted by Gasteiger charge is 2.19. The molecule has 0 saturated heterocycles. The molecule has 0 radical (unpaired) electrons. The van der Waals surface area contributed by atoms with Crippen molar-refractivity contribution >= 4 is 11.8 Å². The van der Waals surface area contributed by atoms with Gasteiger partial charge in [0.05, 0.1) is 0 Å². The number of carbonyl (C=O) groups is 2. The second-order valence-corrected chi connectivity index (χ2v) is 3.02. The zero-order valence-electron chi connectivity index (χ0n) is 7.38. The highest BCUT2D eigenvalue weighted by atomic mass is 16.3. The molecule has 4 heteroatoms. The lowest BCUT2D eigenvalue weighted by Crippen LogP contribution is -2.22. The molecule has 0 aliphatic carbocycles. The SMILES string of the molecule is O=C1C=C(CCCCCO)C(=O)N1. The van der Waals surface area contributed by atoms with Gasteiger partial charge in [-0.15, -0.1) is 0 Å². The van der Waals surface area contributed by atoms with Gasteiger partial charge in [0.15, 0.2) is 0 Å². The highest BCUT2D eigenvalue weighted by molar-refractivity contribution is 6.16. The van der Waals surface area contributed by atoms with Gasteiger partial charge in [-0.25, -0.2) is 0 Å². The van der Waals surface area contributed by atoms with Crippen LogP contribution in [-0.2, 0) is 9.59 Å². The standard InChI is InChI=1S/C9H13NO3/c11-5-3-1-2-4-7-6-8(12)10-9(7)13/h6,11H,1-5H2,(H,10,12,13). The van der Waals surface area contributed by atoms with E-state index >= 15 is 0 Å². The lowest BCUT2D eigenvalue weighted by atomic mass is 10.1. The molecule has 1 aliphatic heterocycles. The number of rotatable bonds is 5. The third-order valence-corrected chi connectivity index (χ3v) is 1.94. The molecule has 0 atom stereocenters. The van der Waals surface area contributed by atoms with Crippen LogP contribution < -0.4 is 5.32 Å². The van der Waals surface area contributed by atoms with Crippen LogP contribution in [0, 0.1) is 0 Å². The molecular weight excluding hydrogens is 170 g/mol. The molecule has 1 heterocycles. The summed E-state index contributed by atoms with van der Waals surface area (Å²) in [6, 6.07) is 0. The normalized spacial score (nSPS) is 15.9. The van der Waals surface area contributed by atoms with Crippen molar-refractivity contribution in [2.24, 2.45) is 0 Å². The number of nitrogens with one attached hydrogen (secondary N) is 1. The van der Waals surface area contributed by atoms with Crippen LogP contribution in [0.3, 0.4) is 0 Å². The third kappa shape index (κ3) is 2.99. The molecule has 1 rings (SSSR count). The number of aliphatic hydroxyl groups is 1. The molecule has 0 saturated carbocycles. The van der Waals surface area contributed by atoms with E-state index in [1.165, 1.54) is 6.08 Å². The van der Waals surface area contributed by atoms with Gasteiger partial charge in [-0.2, -0.15) is 0 Å². The van der Waals surface area contributed by atoms with Gasteiger partial charge in [0.25, 0.3) is 11.8 Å². The number of aliphatic hydroxyl groups excluding tert-OH is 1. The number of carbonyl (C=O) groups excluding carboxylic acids is 2. The minimum Gasteiger partial charge on any atom is -0.396 e. The molecule has 0 unspecified atom stereocenters. The van der Waals surface area contributed by atoms with Crippen LogP contribution in [0.4, 0.5) is 0 Å². The molecule has 4 nitrogen and oxygen atoms in total. The Morgan fingerprint density at radius 2 is 2.00 bits per heavy atom. The molecule has 72 valence electrons. The highest BCUT2D eigenvalue weighted by Crippen LogP contribution is 2.12. The van der Waals surface area contributed by atoms with E-state index in [-0.39, 0.29) is 18.4 Å². The van der Waals surface area contributed by atoms with Gasteiger partial charge in [-0.1, -0.05) is 6.42 Å². The molecule has 1 aliphatic rings. The van der Waals surface area contributed by atoms with E-state index in [9.17, 15) is 9.59 Å². The van der Waals surface area contributed by atoms with E-state index in [0.717, 1.165) is 19.3 Å². The Morgan fingerprint density at radius 1 is 1.23 bits per heavy atom. The van der Waals surface area contributed by atoms with E-state index in [1.807, 2.05) is 0 Å². The molecule has 0 bridgehead atoms. The zero-order valence-corrected chi connectivity index (χ0v) is 7.38. The Balaban J connectivity index is 2.25. The summed E-state index contributed by atoms with van der Waals surface area (Å²) in [5, 5.41) is 10.7. The maximum absolute atomic E-state index is 11.0. The number of hydrogen-bond acceptors (Lipinski definition) is 3. The molecule has 13 heavy (non-hydrogen) atoms.